The number of ether oxygens (including phenoxy) is 1. The fourth-order valence-electron chi connectivity index (χ4n) is 3.47. The van der Waals surface area contributed by atoms with Crippen LogP contribution in [0.2, 0.25) is 0 Å². The Morgan fingerprint density at radius 3 is 2.89 bits per heavy atom. The molecule has 9 nitrogen and oxygen atoms in total. The molecular weight excluding hydrogens is 358 g/mol. The van der Waals surface area contributed by atoms with Gasteiger partial charge in [0.15, 0.2) is 11.3 Å². The monoisotopic (exact) mass is 383 g/mol. The van der Waals surface area contributed by atoms with Crippen LogP contribution in [0.5, 0.6) is 0 Å². The number of morpholine rings is 1. The van der Waals surface area contributed by atoms with Crippen LogP contribution >= 0.6 is 0 Å². The highest BCUT2D eigenvalue weighted by Gasteiger charge is 2.17. The molecule has 1 amide bonds. The summed E-state index contributed by atoms with van der Waals surface area (Å²) in [6.45, 7) is 9.59. The SMILES string of the molecule is CCn1ncc(-c2ccnc3cc(C(=O)NCCN4CCOCC4)nn23)c1C. The van der Waals surface area contributed by atoms with Crippen LogP contribution in [-0.2, 0) is 11.3 Å². The van der Waals surface area contributed by atoms with E-state index in [0.717, 1.165) is 56.3 Å². The number of carbonyl (C=O) groups is 1. The molecule has 0 radical (unpaired) electrons. The molecule has 0 aliphatic carbocycles. The van der Waals surface area contributed by atoms with E-state index in [2.05, 4.69) is 32.3 Å². The second-order valence-corrected chi connectivity index (χ2v) is 6.80. The van der Waals surface area contributed by atoms with E-state index in [4.69, 9.17) is 4.74 Å². The summed E-state index contributed by atoms with van der Waals surface area (Å²) >= 11 is 0. The summed E-state index contributed by atoms with van der Waals surface area (Å²) < 4.78 is 8.98. The third-order valence-electron chi connectivity index (χ3n) is 5.09. The molecule has 1 aliphatic heterocycles. The number of hydrogen-bond acceptors (Lipinski definition) is 6. The molecule has 0 saturated carbocycles. The number of aromatic nitrogens is 5. The zero-order chi connectivity index (χ0) is 19.5. The smallest absolute Gasteiger partial charge is 0.271 e. The van der Waals surface area contributed by atoms with Crippen LogP contribution < -0.4 is 5.32 Å². The summed E-state index contributed by atoms with van der Waals surface area (Å²) in [6.07, 6.45) is 3.56. The average Bonchev–Trinajstić information content (AvgIpc) is 3.32. The first-order valence-corrected chi connectivity index (χ1v) is 9.63. The first kappa shape index (κ1) is 18.6. The minimum absolute atomic E-state index is 0.189. The van der Waals surface area contributed by atoms with E-state index in [1.165, 1.54) is 0 Å². The van der Waals surface area contributed by atoms with Gasteiger partial charge in [-0.05, 0) is 19.9 Å². The van der Waals surface area contributed by atoms with E-state index >= 15 is 0 Å². The summed E-state index contributed by atoms with van der Waals surface area (Å²) in [5, 5.41) is 11.9. The first-order valence-electron chi connectivity index (χ1n) is 9.63. The normalized spacial score (nSPS) is 15.2. The Labute approximate surface area is 163 Å². The van der Waals surface area contributed by atoms with Crippen molar-refractivity contribution in [2.45, 2.75) is 20.4 Å². The van der Waals surface area contributed by atoms with Crippen molar-refractivity contribution in [3.63, 3.8) is 0 Å². The van der Waals surface area contributed by atoms with Crippen molar-refractivity contribution in [1.82, 2.24) is 34.6 Å². The lowest BCUT2D eigenvalue weighted by Gasteiger charge is -2.26. The number of rotatable bonds is 6. The molecule has 4 rings (SSSR count). The molecule has 1 fully saturated rings. The molecule has 3 aromatic heterocycles. The molecule has 9 heteroatoms. The summed E-state index contributed by atoms with van der Waals surface area (Å²) in [6, 6.07) is 3.61. The fourth-order valence-corrected chi connectivity index (χ4v) is 3.47. The largest absolute Gasteiger partial charge is 0.379 e. The van der Waals surface area contributed by atoms with Gasteiger partial charge in [0, 0.05) is 56.2 Å². The van der Waals surface area contributed by atoms with Crippen molar-refractivity contribution in [1.29, 1.82) is 0 Å². The Bertz CT molecular complexity index is 972. The van der Waals surface area contributed by atoms with Crippen molar-refractivity contribution >= 4 is 11.6 Å². The van der Waals surface area contributed by atoms with Gasteiger partial charge < -0.3 is 10.1 Å². The van der Waals surface area contributed by atoms with E-state index in [-0.39, 0.29) is 5.91 Å². The van der Waals surface area contributed by atoms with Crippen LogP contribution in [-0.4, -0.2) is 74.6 Å². The maximum Gasteiger partial charge on any atom is 0.271 e. The first-order chi connectivity index (χ1) is 13.7. The molecule has 4 heterocycles. The Morgan fingerprint density at radius 2 is 2.14 bits per heavy atom. The van der Waals surface area contributed by atoms with Gasteiger partial charge in [-0.1, -0.05) is 0 Å². The van der Waals surface area contributed by atoms with E-state index in [0.29, 0.717) is 17.9 Å². The van der Waals surface area contributed by atoms with Gasteiger partial charge in [-0.3, -0.25) is 14.4 Å². The summed E-state index contributed by atoms with van der Waals surface area (Å²) in [7, 11) is 0. The predicted octanol–water partition coefficient (Wildman–Crippen LogP) is 0.983. The number of nitrogens with zero attached hydrogens (tertiary/aromatic N) is 6. The van der Waals surface area contributed by atoms with Gasteiger partial charge in [-0.25, -0.2) is 9.50 Å². The summed E-state index contributed by atoms with van der Waals surface area (Å²) in [4.78, 5) is 19.2. The Morgan fingerprint density at radius 1 is 1.32 bits per heavy atom. The van der Waals surface area contributed by atoms with Crippen LogP contribution in [0.15, 0.2) is 24.5 Å². The molecule has 0 atom stereocenters. The molecule has 0 unspecified atom stereocenters. The van der Waals surface area contributed by atoms with Gasteiger partial charge >= 0.3 is 0 Å². The van der Waals surface area contributed by atoms with Crippen molar-refractivity contribution < 1.29 is 9.53 Å². The van der Waals surface area contributed by atoms with Crippen LogP contribution in [0.3, 0.4) is 0 Å². The van der Waals surface area contributed by atoms with E-state index in [1.54, 1.807) is 16.8 Å². The van der Waals surface area contributed by atoms with Crippen molar-refractivity contribution in [3.8, 4) is 11.3 Å². The zero-order valence-corrected chi connectivity index (χ0v) is 16.3. The van der Waals surface area contributed by atoms with Crippen molar-refractivity contribution in [3.05, 3.63) is 35.9 Å². The Balaban J connectivity index is 1.51. The maximum absolute atomic E-state index is 12.5. The third kappa shape index (κ3) is 3.63. The number of amides is 1. The highest BCUT2D eigenvalue weighted by atomic mass is 16.5. The number of nitrogens with one attached hydrogen (secondary N) is 1. The molecule has 1 N–H and O–H groups in total. The zero-order valence-electron chi connectivity index (χ0n) is 16.3. The molecule has 28 heavy (non-hydrogen) atoms. The molecule has 148 valence electrons. The van der Waals surface area contributed by atoms with Crippen molar-refractivity contribution in [2.75, 3.05) is 39.4 Å². The summed E-state index contributed by atoms with van der Waals surface area (Å²) in [5.74, 6) is -0.189. The van der Waals surface area contributed by atoms with Gasteiger partial charge in [-0.15, -0.1) is 0 Å². The van der Waals surface area contributed by atoms with E-state index < -0.39 is 0 Å². The molecular formula is C19H25N7O2. The van der Waals surface area contributed by atoms with Crippen LogP contribution in [0.1, 0.15) is 23.1 Å². The molecule has 1 aliphatic rings. The van der Waals surface area contributed by atoms with Gasteiger partial charge in [0.1, 0.15) is 0 Å². The van der Waals surface area contributed by atoms with Gasteiger partial charge in [0.2, 0.25) is 0 Å². The number of fused-ring (bicyclic) bond motifs is 1. The standard InChI is InChI=1S/C19H25N7O2/c1-3-25-14(2)15(13-22-25)17-4-5-20-18-12-16(23-26(17)18)19(27)21-6-7-24-8-10-28-11-9-24/h4-5,12-13H,3,6-11H2,1-2H3,(H,21,27). The highest BCUT2D eigenvalue weighted by Crippen LogP contribution is 2.23. The Hall–Kier alpha value is -2.78. The van der Waals surface area contributed by atoms with Gasteiger partial charge in [-0.2, -0.15) is 10.2 Å². The quantitative estimate of drug-likeness (QED) is 0.683. The van der Waals surface area contributed by atoms with E-state index in [9.17, 15) is 4.79 Å². The summed E-state index contributed by atoms with van der Waals surface area (Å²) in [5.41, 5.74) is 3.91. The Kier molecular flexibility index (Phi) is 5.36. The minimum atomic E-state index is -0.189. The molecule has 0 spiro atoms. The molecule has 0 aromatic carbocycles. The molecule has 3 aromatic rings. The van der Waals surface area contributed by atoms with Gasteiger partial charge in [0.05, 0.1) is 25.1 Å². The number of aryl methyl sites for hydroxylation is 1. The van der Waals surface area contributed by atoms with Crippen molar-refractivity contribution in [2.24, 2.45) is 0 Å². The van der Waals surface area contributed by atoms with Crippen LogP contribution in [0.4, 0.5) is 0 Å². The highest BCUT2D eigenvalue weighted by molar-refractivity contribution is 5.93. The lowest BCUT2D eigenvalue weighted by atomic mass is 10.2. The molecule has 1 saturated heterocycles. The number of hydrogen-bond donors (Lipinski definition) is 1. The topological polar surface area (TPSA) is 89.6 Å². The second-order valence-electron chi connectivity index (χ2n) is 6.80. The predicted molar refractivity (Wildman–Crippen MR) is 104 cm³/mol. The maximum atomic E-state index is 12.5. The minimum Gasteiger partial charge on any atom is -0.379 e. The average molecular weight is 383 g/mol. The molecule has 0 bridgehead atoms. The fraction of sp³-hybridized carbons (Fsp3) is 0.474. The lowest BCUT2D eigenvalue weighted by Crippen LogP contribution is -2.41. The van der Waals surface area contributed by atoms with E-state index in [1.807, 2.05) is 23.9 Å². The van der Waals surface area contributed by atoms with Gasteiger partial charge in [0.25, 0.3) is 5.91 Å². The second kappa shape index (κ2) is 8.07. The lowest BCUT2D eigenvalue weighted by molar-refractivity contribution is 0.0383. The van der Waals surface area contributed by atoms with Crippen LogP contribution in [0.25, 0.3) is 16.9 Å². The van der Waals surface area contributed by atoms with Crippen LogP contribution in [0, 0.1) is 6.92 Å². The third-order valence-corrected chi connectivity index (χ3v) is 5.09. The number of carbonyl (C=O) groups excluding carboxylic acids is 1.